The first-order chi connectivity index (χ1) is 11.2. The summed E-state index contributed by atoms with van der Waals surface area (Å²) in [5.41, 5.74) is 3.45. The molecule has 0 unspecified atom stereocenters. The molecular formula is C20H22O3. The number of carbonyl (C=O) groups is 1. The molecule has 3 nitrogen and oxygen atoms in total. The van der Waals surface area contributed by atoms with Gasteiger partial charge in [-0.3, -0.25) is 0 Å². The number of benzene rings is 2. The Morgan fingerprint density at radius 1 is 1.09 bits per heavy atom. The van der Waals surface area contributed by atoms with Gasteiger partial charge < -0.3 is 9.84 Å². The Hall–Kier alpha value is -2.39. The molecule has 2 aromatic rings. The van der Waals surface area contributed by atoms with E-state index >= 15 is 0 Å². The number of carbonyl (C=O) groups excluding carboxylic acids is 1. The maximum Gasteiger partial charge on any atom is 0.338 e. The first-order valence-electron chi connectivity index (χ1n) is 7.86. The zero-order valence-electron chi connectivity index (χ0n) is 13.4. The predicted octanol–water partition coefficient (Wildman–Crippen LogP) is 3.87. The molecule has 0 aromatic heterocycles. The summed E-state index contributed by atoms with van der Waals surface area (Å²) in [6.45, 7) is 2.08. The van der Waals surface area contributed by atoms with Crippen molar-refractivity contribution in [3.8, 4) is 0 Å². The summed E-state index contributed by atoms with van der Waals surface area (Å²) in [7, 11) is 0. The first kappa shape index (κ1) is 17.0. The van der Waals surface area contributed by atoms with Crippen molar-refractivity contribution in [1.29, 1.82) is 0 Å². The fraction of sp³-hybridized carbons (Fsp3) is 0.250. The molecule has 0 saturated carbocycles. The highest BCUT2D eigenvalue weighted by Crippen LogP contribution is 2.18. The Bertz CT molecular complexity index is 660. The Morgan fingerprint density at radius 3 is 2.52 bits per heavy atom. The smallest absolute Gasteiger partial charge is 0.338 e. The summed E-state index contributed by atoms with van der Waals surface area (Å²) in [4.78, 5) is 11.8. The number of allylic oxidation sites excluding steroid dienone is 1. The maximum atomic E-state index is 11.8. The molecule has 0 atom stereocenters. The van der Waals surface area contributed by atoms with Crippen molar-refractivity contribution in [1.82, 2.24) is 0 Å². The number of aliphatic hydroxyl groups excluding tert-OH is 1. The van der Waals surface area contributed by atoms with Crippen molar-refractivity contribution < 1.29 is 14.6 Å². The minimum atomic E-state index is -0.337. The lowest BCUT2D eigenvalue weighted by molar-refractivity contribution is 0.0526. The minimum Gasteiger partial charge on any atom is -0.462 e. The average Bonchev–Trinajstić information content (AvgIpc) is 2.60. The quantitative estimate of drug-likeness (QED) is 0.790. The SMILES string of the molecule is CCOC(=O)c1cccc(/C(=C/CCc2ccccc2)CO)c1. The highest BCUT2D eigenvalue weighted by atomic mass is 16.5. The number of aliphatic hydroxyl groups is 1. The summed E-state index contributed by atoms with van der Waals surface area (Å²) in [5, 5.41) is 9.63. The summed E-state index contributed by atoms with van der Waals surface area (Å²) < 4.78 is 5.01. The lowest BCUT2D eigenvalue weighted by Crippen LogP contribution is -2.05. The fourth-order valence-corrected chi connectivity index (χ4v) is 2.39. The molecule has 2 aromatic carbocycles. The van der Waals surface area contributed by atoms with Crippen molar-refractivity contribution in [2.75, 3.05) is 13.2 Å². The van der Waals surface area contributed by atoms with Gasteiger partial charge in [0.1, 0.15) is 0 Å². The van der Waals surface area contributed by atoms with Gasteiger partial charge in [0.15, 0.2) is 0 Å². The monoisotopic (exact) mass is 310 g/mol. The van der Waals surface area contributed by atoms with E-state index in [9.17, 15) is 9.90 Å². The summed E-state index contributed by atoms with van der Waals surface area (Å²) in [5.74, 6) is -0.337. The van der Waals surface area contributed by atoms with Gasteiger partial charge in [-0.05, 0) is 48.6 Å². The topological polar surface area (TPSA) is 46.5 Å². The first-order valence-corrected chi connectivity index (χ1v) is 7.86. The lowest BCUT2D eigenvalue weighted by Gasteiger charge is -2.08. The fourth-order valence-electron chi connectivity index (χ4n) is 2.39. The van der Waals surface area contributed by atoms with Crippen LogP contribution in [-0.2, 0) is 11.2 Å². The maximum absolute atomic E-state index is 11.8. The zero-order chi connectivity index (χ0) is 16.5. The molecule has 23 heavy (non-hydrogen) atoms. The van der Waals surface area contributed by atoms with E-state index in [1.54, 1.807) is 19.1 Å². The van der Waals surface area contributed by atoms with E-state index in [0.717, 1.165) is 24.0 Å². The number of aryl methyl sites for hydroxylation is 1. The molecule has 3 heteroatoms. The molecule has 0 bridgehead atoms. The Balaban J connectivity index is 2.09. The normalized spacial score (nSPS) is 11.3. The van der Waals surface area contributed by atoms with Crippen LogP contribution in [-0.4, -0.2) is 24.3 Å². The Kier molecular flexibility index (Phi) is 6.57. The molecule has 0 radical (unpaired) electrons. The van der Waals surface area contributed by atoms with Crippen LogP contribution in [0.2, 0.25) is 0 Å². The number of hydrogen-bond donors (Lipinski definition) is 1. The molecule has 0 heterocycles. The third-order valence-corrected chi connectivity index (χ3v) is 3.58. The van der Waals surface area contributed by atoms with E-state index in [4.69, 9.17) is 4.74 Å². The predicted molar refractivity (Wildman–Crippen MR) is 92.2 cm³/mol. The van der Waals surface area contributed by atoms with Crippen molar-refractivity contribution >= 4 is 11.5 Å². The van der Waals surface area contributed by atoms with Crippen molar-refractivity contribution in [2.45, 2.75) is 19.8 Å². The van der Waals surface area contributed by atoms with E-state index in [-0.39, 0.29) is 12.6 Å². The number of hydrogen-bond acceptors (Lipinski definition) is 3. The highest BCUT2D eigenvalue weighted by molar-refractivity contribution is 5.90. The third kappa shape index (κ3) is 5.08. The van der Waals surface area contributed by atoms with Crippen LogP contribution in [0.3, 0.4) is 0 Å². The summed E-state index contributed by atoms with van der Waals surface area (Å²) in [6, 6.07) is 17.4. The van der Waals surface area contributed by atoms with Crippen LogP contribution < -0.4 is 0 Å². The van der Waals surface area contributed by atoms with Crippen molar-refractivity contribution in [3.05, 3.63) is 77.4 Å². The van der Waals surface area contributed by atoms with Gasteiger partial charge in [0.2, 0.25) is 0 Å². The number of esters is 1. The molecule has 0 fully saturated rings. The molecule has 0 amide bonds. The molecule has 0 saturated heterocycles. The van der Waals surface area contributed by atoms with Gasteiger partial charge in [-0.25, -0.2) is 4.79 Å². The van der Waals surface area contributed by atoms with Crippen LogP contribution in [0.1, 0.15) is 34.8 Å². The van der Waals surface area contributed by atoms with Crippen LogP contribution in [0.5, 0.6) is 0 Å². The molecule has 0 aliphatic rings. The van der Waals surface area contributed by atoms with Gasteiger partial charge in [-0.2, -0.15) is 0 Å². The van der Waals surface area contributed by atoms with E-state index in [1.807, 2.05) is 36.4 Å². The van der Waals surface area contributed by atoms with E-state index in [0.29, 0.717) is 12.2 Å². The Morgan fingerprint density at radius 2 is 1.83 bits per heavy atom. The number of rotatable bonds is 7. The Labute approximate surface area is 137 Å². The van der Waals surface area contributed by atoms with Gasteiger partial charge in [-0.1, -0.05) is 48.5 Å². The van der Waals surface area contributed by atoms with Crippen molar-refractivity contribution in [2.24, 2.45) is 0 Å². The van der Waals surface area contributed by atoms with E-state index in [1.165, 1.54) is 5.56 Å². The molecule has 0 spiro atoms. The second-order valence-electron chi connectivity index (χ2n) is 5.21. The van der Waals surface area contributed by atoms with Crippen LogP contribution in [0.15, 0.2) is 60.7 Å². The van der Waals surface area contributed by atoms with Gasteiger partial charge in [0.05, 0.1) is 18.8 Å². The summed E-state index contributed by atoms with van der Waals surface area (Å²) >= 11 is 0. The second kappa shape index (κ2) is 8.91. The number of ether oxygens (including phenoxy) is 1. The molecule has 120 valence electrons. The lowest BCUT2D eigenvalue weighted by atomic mass is 10.0. The highest BCUT2D eigenvalue weighted by Gasteiger charge is 2.08. The van der Waals surface area contributed by atoms with Crippen LogP contribution in [0.25, 0.3) is 5.57 Å². The van der Waals surface area contributed by atoms with E-state index in [2.05, 4.69) is 12.1 Å². The minimum absolute atomic E-state index is 0.0545. The van der Waals surface area contributed by atoms with Crippen LogP contribution in [0, 0.1) is 0 Å². The van der Waals surface area contributed by atoms with Gasteiger partial charge in [0, 0.05) is 0 Å². The largest absolute Gasteiger partial charge is 0.462 e. The van der Waals surface area contributed by atoms with Gasteiger partial charge in [0.25, 0.3) is 0 Å². The van der Waals surface area contributed by atoms with Crippen molar-refractivity contribution in [3.63, 3.8) is 0 Å². The molecular weight excluding hydrogens is 288 g/mol. The van der Waals surface area contributed by atoms with Gasteiger partial charge in [-0.15, -0.1) is 0 Å². The molecule has 2 rings (SSSR count). The van der Waals surface area contributed by atoms with Crippen LogP contribution in [0.4, 0.5) is 0 Å². The average molecular weight is 310 g/mol. The second-order valence-corrected chi connectivity index (χ2v) is 5.21. The van der Waals surface area contributed by atoms with Gasteiger partial charge >= 0.3 is 5.97 Å². The van der Waals surface area contributed by atoms with E-state index < -0.39 is 0 Å². The van der Waals surface area contributed by atoms with Crippen LogP contribution >= 0.6 is 0 Å². The molecule has 0 aliphatic heterocycles. The standard InChI is InChI=1S/C20H22O3/c1-2-23-20(22)18-12-7-11-17(14-18)19(15-21)13-6-10-16-8-4-3-5-9-16/h3-5,7-9,11-14,21H,2,6,10,15H2,1H3/b19-13+. The summed E-state index contributed by atoms with van der Waals surface area (Å²) in [6.07, 6.45) is 3.78. The molecule has 0 aliphatic carbocycles. The molecule has 1 N–H and O–H groups in total. The third-order valence-electron chi connectivity index (χ3n) is 3.58. The zero-order valence-corrected chi connectivity index (χ0v) is 13.4.